The fourth-order valence-corrected chi connectivity index (χ4v) is 4.00. The van der Waals surface area contributed by atoms with Crippen LogP contribution in [-0.4, -0.2) is 68.6 Å². The van der Waals surface area contributed by atoms with Gasteiger partial charge in [0.1, 0.15) is 6.33 Å². The van der Waals surface area contributed by atoms with E-state index in [2.05, 4.69) is 25.8 Å². The van der Waals surface area contributed by atoms with Gasteiger partial charge in [0, 0.05) is 48.7 Å². The number of nitrogens with one attached hydrogen (secondary N) is 2. The molecule has 0 fully saturated rings. The summed E-state index contributed by atoms with van der Waals surface area (Å²) < 4.78 is 12.7. The molecular formula is C26H23ClN6O7. The summed E-state index contributed by atoms with van der Waals surface area (Å²) in [4.78, 5) is 40.3. The van der Waals surface area contributed by atoms with E-state index in [1.807, 2.05) is 0 Å². The molecule has 0 aliphatic rings. The molecule has 13 nitrogen and oxygen atoms in total. The SMILES string of the molecule is CNc1cc(Cl)c(CCOc2cc(NC(=O)c3ccc(-n4ccnc4)nn3)c(C(=O)O)cc2OC)cc1C(=O)O. The third-order valence-electron chi connectivity index (χ3n) is 5.75. The Morgan fingerprint density at radius 3 is 2.35 bits per heavy atom. The van der Waals surface area contributed by atoms with Gasteiger partial charge in [-0.2, -0.15) is 0 Å². The molecule has 4 rings (SSSR count). The number of methoxy groups -OCH3 is 1. The maximum Gasteiger partial charge on any atom is 0.337 e. The molecule has 2 heterocycles. The molecule has 0 aliphatic heterocycles. The molecule has 0 radical (unpaired) electrons. The van der Waals surface area contributed by atoms with Crippen molar-refractivity contribution in [2.45, 2.75) is 6.42 Å². The summed E-state index contributed by atoms with van der Waals surface area (Å²) >= 11 is 6.32. The number of rotatable bonds is 11. The molecular weight excluding hydrogens is 544 g/mol. The van der Waals surface area contributed by atoms with Crippen molar-refractivity contribution >= 4 is 40.8 Å². The Morgan fingerprint density at radius 2 is 1.75 bits per heavy atom. The van der Waals surface area contributed by atoms with E-state index in [4.69, 9.17) is 21.1 Å². The molecule has 0 spiro atoms. The molecule has 0 atom stereocenters. The van der Waals surface area contributed by atoms with Crippen LogP contribution in [0.2, 0.25) is 5.02 Å². The van der Waals surface area contributed by atoms with Gasteiger partial charge < -0.3 is 30.3 Å². The maximum atomic E-state index is 12.9. The van der Waals surface area contributed by atoms with Crippen molar-refractivity contribution in [1.82, 2.24) is 19.7 Å². The zero-order chi connectivity index (χ0) is 28.8. The lowest BCUT2D eigenvalue weighted by atomic mass is 10.1. The van der Waals surface area contributed by atoms with Crippen LogP contribution in [0.15, 0.2) is 55.1 Å². The quantitative estimate of drug-likeness (QED) is 0.208. The highest BCUT2D eigenvalue weighted by atomic mass is 35.5. The number of benzene rings is 2. The van der Waals surface area contributed by atoms with Crippen molar-refractivity contribution in [2.75, 3.05) is 31.4 Å². The Morgan fingerprint density at radius 1 is 1.00 bits per heavy atom. The third-order valence-corrected chi connectivity index (χ3v) is 6.10. The molecule has 40 heavy (non-hydrogen) atoms. The number of carbonyl (C=O) groups excluding carboxylic acids is 1. The number of halogens is 1. The van der Waals surface area contributed by atoms with Crippen molar-refractivity contribution in [3.8, 4) is 17.3 Å². The number of carbonyl (C=O) groups is 3. The lowest BCUT2D eigenvalue weighted by molar-refractivity contribution is 0.0686. The number of aromatic carboxylic acids is 2. The average Bonchev–Trinajstić information content (AvgIpc) is 3.48. The van der Waals surface area contributed by atoms with Crippen LogP contribution in [0.4, 0.5) is 11.4 Å². The number of ether oxygens (including phenoxy) is 2. The number of hydrogen-bond donors (Lipinski definition) is 4. The summed E-state index contributed by atoms with van der Waals surface area (Å²) in [5, 5.41) is 32.8. The van der Waals surface area contributed by atoms with Gasteiger partial charge in [0.15, 0.2) is 23.0 Å². The Kier molecular flexibility index (Phi) is 8.45. The van der Waals surface area contributed by atoms with E-state index in [-0.39, 0.29) is 47.0 Å². The summed E-state index contributed by atoms with van der Waals surface area (Å²) in [7, 11) is 2.93. The maximum absolute atomic E-state index is 12.9. The standard InChI is InChI=1S/C26H23ClN6O7/c1-28-19-11-17(27)14(9-15(19)25(35)36)5-8-40-22-12-20(16(26(37)38)10-21(22)39-2)30-24(34)18-3-4-23(32-31-18)33-7-6-29-13-33/h3-4,6-7,9-13,28H,5,8H2,1-2H3,(H,30,34)(H,35,36)(H,37,38). The minimum absolute atomic E-state index is 0.0367. The Hall–Kier alpha value is -5.17. The predicted molar refractivity (Wildman–Crippen MR) is 144 cm³/mol. The van der Waals surface area contributed by atoms with Gasteiger partial charge in [-0.3, -0.25) is 9.36 Å². The number of aromatic nitrogens is 4. The van der Waals surface area contributed by atoms with Crippen LogP contribution in [0.5, 0.6) is 11.5 Å². The van der Waals surface area contributed by atoms with Crippen molar-refractivity contribution < 1.29 is 34.1 Å². The van der Waals surface area contributed by atoms with E-state index in [0.717, 1.165) is 0 Å². The molecule has 206 valence electrons. The van der Waals surface area contributed by atoms with Gasteiger partial charge in [0.05, 0.1) is 30.5 Å². The molecule has 0 bridgehead atoms. The first-order valence-electron chi connectivity index (χ1n) is 11.7. The monoisotopic (exact) mass is 566 g/mol. The van der Waals surface area contributed by atoms with Crippen LogP contribution in [0.3, 0.4) is 0 Å². The van der Waals surface area contributed by atoms with Gasteiger partial charge in [0.25, 0.3) is 5.91 Å². The number of anilines is 2. The molecule has 14 heteroatoms. The van der Waals surface area contributed by atoms with Crippen LogP contribution >= 0.6 is 11.6 Å². The first-order valence-corrected chi connectivity index (χ1v) is 12.0. The van der Waals surface area contributed by atoms with Crippen LogP contribution < -0.4 is 20.1 Å². The number of carboxylic acids is 2. The van der Waals surface area contributed by atoms with Gasteiger partial charge in [-0.15, -0.1) is 10.2 Å². The number of carboxylic acid groups (broad SMARTS) is 2. The molecule has 0 unspecified atom stereocenters. The Balaban J connectivity index is 1.54. The fourth-order valence-electron chi connectivity index (χ4n) is 3.74. The minimum atomic E-state index is -1.31. The molecule has 4 aromatic rings. The highest BCUT2D eigenvalue weighted by Crippen LogP contribution is 2.34. The van der Waals surface area contributed by atoms with E-state index in [1.54, 1.807) is 30.1 Å². The van der Waals surface area contributed by atoms with Crippen LogP contribution in [0, 0.1) is 0 Å². The van der Waals surface area contributed by atoms with Crippen LogP contribution in [0.1, 0.15) is 36.8 Å². The summed E-state index contributed by atoms with van der Waals surface area (Å²) in [6, 6.07) is 8.51. The van der Waals surface area contributed by atoms with E-state index in [0.29, 0.717) is 22.1 Å². The highest BCUT2D eigenvalue weighted by Gasteiger charge is 2.20. The lowest BCUT2D eigenvalue weighted by Gasteiger charge is -2.16. The number of hydrogen-bond acceptors (Lipinski definition) is 9. The molecule has 0 saturated carbocycles. The molecule has 4 N–H and O–H groups in total. The zero-order valence-electron chi connectivity index (χ0n) is 21.2. The van der Waals surface area contributed by atoms with Gasteiger partial charge in [0.2, 0.25) is 0 Å². The summed E-state index contributed by atoms with van der Waals surface area (Å²) in [6.45, 7) is 0.0367. The Labute approximate surface area is 232 Å². The third kappa shape index (κ3) is 6.10. The molecule has 2 aromatic heterocycles. The second-order valence-electron chi connectivity index (χ2n) is 8.20. The van der Waals surface area contributed by atoms with Gasteiger partial charge in [-0.25, -0.2) is 14.6 Å². The minimum Gasteiger partial charge on any atom is -0.493 e. The molecule has 0 aliphatic carbocycles. The van der Waals surface area contributed by atoms with Crippen molar-refractivity contribution in [2.24, 2.45) is 0 Å². The smallest absolute Gasteiger partial charge is 0.337 e. The highest BCUT2D eigenvalue weighted by molar-refractivity contribution is 6.32. The van der Waals surface area contributed by atoms with E-state index in [1.165, 1.54) is 43.8 Å². The zero-order valence-corrected chi connectivity index (χ0v) is 22.0. The van der Waals surface area contributed by atoms with Gasteiger partial charge in [-0.1, -0.05) is 11.6 Å². The Bertz CT molecular complexity index is 1560. The van der Waals surface area contributed by atoms with Gasteiger partial charge in [-0.05, 0) is 29.8 Å². The average molecular weight is 567 g/mol. The van der Waals surface area contributed by atoms with Gasteiger partial charge >= 0.3 is 11.9 Å². The summed E-state index contributed by atoms with van der Waals surface area (Å²) in [5.74, 6) is -2.42. The fraction of sp³-hybridized carbons (Fsp3) is 0.154. The summed E-state index contributed by atoms with van der Waals surface area (Å²) in [5.41, 5.74) is 0.611. The van der Waals surface area contributed by atoms with Crippen molar-refractivity contribution in [3.63, 3.8) is 0 Å². The van der Waals surface area contributed by atoms with Crippen LogP contribution in [-0.2, 0) is 6.42 Å². The van der Waals surface area contributed by atoms with E-state index >= 15 is 0 Å². The number of amides is 1. The predicted octanol–water partition coefficient (Wildman–Crippen LogP) is 3.64. The number of imidazole rings is 1. The number of nitrogens with zero attached hydrogens (tertiary/aromatic N) is 4. The van der Waals surface area contributed by atoms with E-state index in [9.17, 15) is 24.6 Å². The first kappa shape index (κ1) is 27.9. The largest absolute Gasteiger partial charge is 0.493 e. The summed E-state index contributed by atoms with van der Waals surface area (Å²) in [6.07, 6.45) is 4.99. The van der Waals surface area contributed by atoms with E-state index < -0.39 is 17.8 Å². The normalized spacial score (nSPS) is 10.6. The lowest BCUT2D eigenvalue weighted by Crippen LogP contribution is -2.17. The van der Waals surface area contributed by atoms with Crippen molar-refractivity contribution in [3.05, 3.63) is 82.5 Å². The topological polar surface area (TPSA) is 178 Å². The van der Waals surface area contributed by atoms with Crippen molar-refractivity contribution in [1.29, 1.82) is 0 Å². The first-order chi connectivity index (χ1) is 19.2. The molecule has 1 amide bonds. The van der Waals surface area contributed by atoms with Crippen LogP contribution in [0.25, 0.3) is 5.82 Å². The molecule has 0 saturated heterocycles. The second-order valence-corrected chi connectivity index (χ2v) is 8.60. The molecule has 2 aromatic carbocycles. The second kappa shape index (κ2) is 12.1.